The summed E-state index contributed by atoms with van der Waals surface area (Å²) in [5.41, 5.74) is 16.3. The van der Waals surface area contributed by atoms with Gasteiger partial charge in [-0.3, -0.25) is 0 Å². The second-order valence-corrected chi connectivity index (χ2v) is 14.5. The largest absolute Gasteiger partial charge is 0.456 e. The Balaban J connectivity index is 1.03. The first-order chi connectivity index (χ1) is 27.3. The number of anilines is 5. The summed E-state index contributed by atoms with van der Waals surface area (Å²) in [5, 5.41) is 2.22. The van der Waals surface area contributed by atoms with Gasteiger partial charge in [0.05, 0.1) is 11.7 Å². The first kappa shape index (κ1) is 31.4. The summed E-state index contributed by atoms with van der Waals surface area (Å²) in [7, 11) is 0. The molecule has 0 spiro atoms. The van der Waals surface area contributed by atoms with Gasteiger partial charge >= 0.3 is 0 Å². The zero-order chi connectivity index (χ0) is 36.3. The second kappa shape index (κ2) is 12.8. The highest BCUT2D eigenvalue weighted by Crippen LogP contribution is 2.52. The van der Waals surface area contributed by atoms with Gasteiger partial charge in [0.1, 0.15) is 11.2 Å². The van der Waals surface area contributed by atoms with E-state index < -0.39 is 0 Å². The van der Waals surface area contributed by atoms with Crippen LogP contribution in [0.25, 0.3) is 50.3 Å². The smallest absolute Gasteiger partial charge is 0.135 e. The molecular formula is C52H36N2O. The summed E-state index contributed by atoms with van der Waals surface area (Å²) >= 11 is 0. The molecule has 55 heavy (non-hydrogen) atoms. The van der Waals surface area contributed by atoms with Crippen molar-refractivity contribution in [2.24, 2.45) is 0 Å². The van der Waals surface area contributed by atoms with Crippen LogP contribution in [-0.4, -0.2) is 6.04 Å². The minimum Gasteiger partial charge on any atom is -0.456 e. The first-order valence-corrected chi connectivity index (χ1v) is 19.0. The molecule has 3 nitrogen and oxygen atoms in total. The van der Waals surface area contributed by atoms with Crippen molar-refractivity contribution in [2.45, 2.75) is 12.0 Å². The van der Waals surface area contributed by atoms with E-state index >= 15 is 0 Å². The first-order valence-electron chi connectivity index (χ1n) is 19.0. The molecule has 2 aliphatic rings. The average molecular weight is 705 g/mol. The molecule has 2 atom stereocenters. The Morgan fingerprint density at radius 3 is 2.09 bits per heavy atom. The lowest BCUT2D eigenvalue weighted by Gasteiger charge is -2.31. The topological polar surface area (TPSA) is 19.6 Å². The molecule has 11 rings (SSSR count). The number of hydrogen-bond donors (Lipinski definition) is 0. The molecule has 1 aliphatic carbocycles. The maximum atomic E-state index is 6.26. The molecule has 260 valence electrons. The molecule has 0 fully saturated rings. The highest BCUT2D eigenvalue weighted by Gasteiger charge is 2.41. The van der Waals surface area contributed by atoms with Gasteiger partial charge in [-0.2, -0.15) is 0 Å². The monoisotopic (exact) mass is 704 g/mol. The Hall–Kier alpha value is -7.10. The molecule has 0 saturated carbocycles. The van der Waals surface area contributed by atoms with Gasteiger partial charge in [-0.25, -0.2) is 0 Å². The van der Waals surface area contributed by atoms with Crippen LogP contribution in [0.2, 0.25) is 0 Å². The van der Waals surface area contributed by atoms with Crippen molar-refractivity contribution in [1.82, 2.24) is 0 Å². The molecule has 0 amide bonds. The lowest BCUT2D eigenvalue weighted by atomic mass is 9.80. The van der Waals surface area contributed by atoms with E-state index in [1.165, 1.54) is 50.3 Å². The van der Waals surface area contributed by atoms with Crippen LogP contribution < -0.4 is 9.80 Å². The van der Waals surface area contributed by atoms with Crippen LogP contribution in [0.4, 0.5) is 28.4 Å². The molecule has 2 unspecified atom stereocenters. The molecule has 8 aromatic carbocycles. The van der Waals surface area contributed by atoms with Crippen molar-refractivity contribution in [3.8, 4) is 22.3 Å². The fourth-order valence-electron chi connectivity index (χ4n) is 8.93. The molecule has 3 heteroatoms. The third-order valence-electron chi connectivity index (χ3n) is 11.4. The SMILES string of the molecule is C1=CC2C(c3ccc(-c4cccc(N(c5ccc6oc7ccccc7c6c5)c5ccccc5-c5ccccc5)c4)cc31)c1ccccc1N2c1ccccc1. The van der Waals surface area contributed by atoms with E-state index in [4.69, 9.17) is 4.42 Å². The highest BCUT2D eigenvalue weighted by molar-refractivity contribution is 6.07. The van der Waals surface area contributed by atoms with Crippen LogP contribution in [0.15, 0.2) is 205 Å². The zero-order valence-electron chi connectivity index (χ0n) is 30.1. The molecule has 1 aliphatic heterocycles. The standard InChI is InChI=1S/C52H36N2O/c1-3-14-35(15-4-1)42-20-7-10-23-47(42)53(41-28-31-51-46(34-41)44-21-9-12-25-50(44)55-51)40-19-13-16-36(33-40)37-26-29-43-38(32-37)27-30-49-52(43)45-22-8-11-24-48(45)54(49)39-17-5-2-6-18-39/h1-34,49,52H. The van der Waals surface area contributed by atoms with Gasteiger partial charge in [-0.1, -0.05) is 140 Å². The number of fused-ring (bicyclic) bond motifs is 8. The Morgan fingerprint density at radius 2 is 1.18 bits per heavy atom. The quantitative estimate of drug-likeness (QED) is 0.172. The number of rotatable bonds is 6. The van der Waals surface area contributed by atoms with Crippen molar-refractivity contribution >= 4 is 56.5 Å². The van der Waals surface area contributed by atoms with Crippen LogP contribution in [-0.2, 0) is 0 Å². The molecule has 2 heterocycles. The highest BCUT2D eigenvalue weighted by atomic mass is 16.3. The fourth-order valence-corrected chi connectivity index (χ4v) is 8.93. The number of furan rings is 1. The summed E-state index contributed by atoms with van der Waals surface area (Å²) in [4.78, 5) is 4.89. The van der Waals surface area contributed by atoms with Crippen molar-refractivity contribution in [3.05, 3.63) is 217 Å². The number of benzene rings is 8. The van der Waals surface area contributed by atoms with Crippen LogP contribution in [0, 0.1) is 0 Å². The van der Waals surface area contributed by atoms with Crippen LogP contribution in [0.3, 0.4) is 0 Å². The van der Waals surface area contributed by atoms with Gasteiger partial charge in [-0.05, 0) is 100 Å². The molecular weight excluding hydrogens is 669 g/mol. The van der Waals surface area contributed by atoms with Gasteiger partial charge in [-0.15, -0.1) is 0 Å². The number of hydrogen-bond acceptors (Lipinski definition) is 3. The van der Waals surface area contributed by atoms with Gasteiger partial charge < -0.3 is 14.2 Å². The third-order valence-corrected chi connectivity index (χ3v) is 11.4. The predicted octanol–water partition coefficient (Wildman–Crippen LogP) is 14.1. The van der Waals surface area contributed by atoms with Crippen LogP contribution in [0.1, 0.15) is 22.6 Å². The Bertz CT molecular complexity index is 2910. The summed E-state index contributed by atoms with van der Waals surface area (Å²) in [6, 6.07) is 70.2. The molecule has 0 radical (unpaired) electrons. The predicted molar refractivity (Wildman–Crippen MR) is 229 cm³/mol. The van der Waals surface area contributed by atoms with Crippen molar-refractivity contribution < 1.29 is 4.42 Å². The van der Waals surface area contributed by atoms with Crippen LogP contribution >= 0.6 is 0 Å². The van der Waals surface area contributed by atoms with E-state index in [1.807, 2.05) is 12.1 Å². The average Bonchev–Trinajstić information content (AvgIpc) is 3.80. The lowest BCUT2D eigenvalue weighted by Crippen LogP contribution is -2.30. The molecule has 0 bridgehead atoms. The lowest BCUT2D eigenvalue weighted by molar-refractivity contribution is 0.669. The zero-order valence-corrected chi connectivity index (χ0v) is 30.1. The summed E-state index contributed by atoms with van der Waals surface area (Å²) in [6.45, 7) is 0. The molecule has 9 aromatic rings. The Morgan fingerprint density at radius 1 is 0.473 bits per heavy atom. The van der Waals surface area contributed by atoms with E-state index in [-0.39, 0.29) is 12.0 Å². The number of para-hydroxylation sites is 4. The molecule has 1 aromatic heterocycles. The Labute approximate surface area is 320 Å². The van der Waals surface area contributed by atoms with Crippen molar-refractivity contribution in [1.29, 1.82) is 0 Å². The van der Waals surface area contributed by atoms with Crippen molar-refractivity contribution in [3.63, 3.8) is 0 Å². The maximum Gasteiger partial charge on any atom is 0.135 e. The van der Waals surface area contributed by atoms with Gasteiger partial charge in [0, 0.05) is 45.0 Å². The number of nitrogens with zero attached hydrogens (tertiary/aromatic N) is 2. The molecule has 0 saturated heterocycles. The van der Waals surface area contributed by atoms with Gasteiger partial charge in [0.25, 0.3) is 0 Å². The summed E-state index contributed by atoms with van der Waals surface area (Å²) < 4.78 is 6.26. The van der Waals surface area contributed by atoms with Gasteiger partial charge in [0.2, 0.25) is 0 Å². The minimum atomic E-state index is 0.226. The Kier molecular flexibility index (Phi) is 7.31. The van der Waals surface area contributed by atoms with E-state index in [1.54, 1.807) is 0 Å². The van der Waals surface area contributed by atoms with E-state index in [9.17, 15) is 0 Å². The van der Waals surface area contributed by atoms with Crippen molar-refractivity contribution in [2.75, 3.05) is 9.80 Å². The summed E-state index contributed by atoms with van der Waals surface area (Å²) in [5.74, 6) is 0.260. The van der Waals surface area contributed by atoms with Gasteiger partial charge in [0.15, 0.2) is 0 Å². The summed E-state index contributed by atoms with van der Waals surface area (Å²) in [6.07, 6.45) is 4.73. The minimum absolute atomic E-state index is 0.226. The molecule has 0 N–H and O–H groups in total. The fraction of sp³-hybridized carbons (Fsp3) is 0.0385. The van der Waals surface area contributed by atoms with E-state index in [0.717, 1.165) is 39.0 Å². The normalized spacial score (nSPS) is 15.5. The third kappa shape index (κ3) is 5.20. The van der Waals surface area contributed by atoms with E-state index in [2.05, 4.69) is 204 Å². The van der Waals surface area contributed by atoms with Crippen LogP contribution in [0.5, 0.6) is 0 Å². The second-order valence-electron chi connectivity index (χ2n) is 14.5. The van der Waals surface area contributed by atoms with E-state index in [0.29, 0.717) is 0 Å². The maximum absolute atomic E-state index is 6.26.